The van der Waals surface area contributed by atoms with E-state index in [1.165, 1.54) is 4.52 Å². The number of anilines is 1. The lowest BCUT2D eigenvalue weighted by molar-refractivity contribution is 0.0284. The number of hydrogen-bond acceptors (Lipinski definition) is 7. The molecule has 1 aliphatic heterocycles. The van der Waals surface area contributed by atoms with Gasteiger partial charge in [-0.2, -0.15) is 14.6 Å². The zero-order valence-corrected chi connectivity index (χ0v) is 14.5. The fraction of sp³-hybridized carbons (Fsp3) is 0.500. The molecule has 0 bridgehead atoms. The molecule has 2 atom stereocenters. The van der Waals surface area contributed by atoms with Crippen LogP contribution in [0.1, 0.15) is 20.3 Å². The first kappa shape index (κ1) is 16.7. The maximum Gasteiger partial charge on any atom is 0.243 e. The zero-order valence-electron chi connectivity index (χ0n) is 14.5. The van der Waals surface area contributed by atoms with Gasteiger partial charge in [0.25, 0.3) is 0 Å². The number of rotatable bonds is 5. The summed E-state index contributed by atoms with van der Waals surface area (Å²) in [6, 6.07) is -0.378. The first-order valence-corrected chi connectivity index (χ1v) is 8.51. The summed E-state index contributed by atoms with van der Waals surface area (Å²) in [4.78, 5) is 8.93. The summed E-state index contributed by atoms with van der Waals surface area (Å²) in [5.74, 6) is 0.840. The van der Waals surface area contributed by atoms with Crippen molar-refractivity contribution in [1.29, 1.82) is 0 Å². The Labute approximate surface area is 148 Å². The second kappa shape index (κ2) is 6.87. The summed E-state index contributed by atoms with van der Waals surface area (Å²) >= 11 is 0. The number of alkyl halides is 1. The molecule has 10 heteroatoms. The third-order valence-electron chi connectivity index (χ3n) is 4.07. The van der Waals surface area contributed by atoms with E-state index in [-0.39, 0.29) is 18.8 Å². The number of hydrogen-bond donors (Lipinski definition) is 2. The van der Waals surface area contributed by atoms with Crippen LogP contribution in [0.4, 0.5) is 10.3 Å². The number of halogens is 1. The largest absolute Gasteiger partial charge is 0.485 e. The van der Waals surface area contributed by atoms with Crippen LogP contribution >= 0.6 is 0 Å². The summed E-state index contributed by atoms with van der Waals surface area (Å²) in [5, 5.41) is 14.1. The van der Waals surface area contributed by atoms with E-state index in [0.717, 1.165) is 5.56 Å². The maximum atomic E-state index is 14.0. The van der Waals surface area contributed by atoms with Crippen molar-refractivity contribution in [2.75, 3.05) is 18.5 Å². The van der Waals surface area contributed by atoms with E-state index < -0.39 is 6.17 Å². The van der Waals surface area contributed by atoms with E-state index in [1.807, 2.05) is 13.8 Å². The van der Waals surface area contributed by atoms with Crippen molar-refractivity contribution in [2.45, 2.75) is 38.6 Å². The van der Waals surface area contributed by atoms with Crippen molar-refractivity contribution < 1.29 is 13.9 Å². The van der Waals surface area contributed by atoms with Crippen LogP contribution in [-0.2, 0) is 4.74 Å². The van der Waals surface area contributed by atoms with Crippen molar-refractivity contribution in [1.82, 2.24) is 29.8 Å². The summed E-state index contributed by atoms with van der Waals surface area (Å²) in [7, 11) is 0. The normalized spacial score (nSPS) is 20.6. The van der Waals surface area contributed by atoms with E-state index >= 15 is 0 Å². The Morgan fingerprint density at radius 2 is 2.35 bits per heavy atom. The number of ether oxygens (including phenoxy) is 2. The highest BCUT2D eigenvalue weighted by atomic mass is 19.1. The van der Waals surface area contributed by atoms with Gasteiger partial charge in [-0.05, 0) is 20.3 Å². The highest BCUT2D eigenvalue weighted by Gasteiger charge is 2.27. The summed E-state index contributed by atoms with van der Waals surface area (Å²) < 4.78 is 26.6. The average molecular weight is 361 g/mol. The summed E-state index contributed by atoms with van der Waals surface area (Å²) in [6.45, 7) is 4.44. The highest BCUT2D eigenvalue weighted by molar-refractivity contribution is 5.73. The minimum absolute atomic E-state index is 0.0764. The summed E-state index contributed by atoms with van der Waals surface area (Å²) in [5.41, 5.74) is 1.91. The fourth-order valence-electron chi connectivity index (χ4n) is 2.86. The number of H-pyrrole nitrogens is 1. The molecule has 1 aliphatic rings. The highest BCUT2D eigenvalue weighted by Crippen LogP contribution is 2.32. The smallest absolute Gasteiger partial charge is 0.243 e. The molecular weight excluding hydrogens is 341 g/mol. The predicted octanol–water partition coefficient (Wildman–Crippen LogP) is 1.84. The molecule has 0 saturated carbocycles. The molecule has 4 rings (SSSR count). The van der Waals surface area contributed by atoms with Gasteiger partial charge in [-0.3, -0.25) is 5.10 Å². The fourth-order valence-corrected chi connectivity index (χ4v) is 2.86. The molecule has 0 aromatic carbocycles. The first-order valence-electron chi connectivity index (χ1n) is 8.51. The minimum Gasteiger partial charge on any atom is -0.485 e. The monoisotopic (exact) mass is 361 g/mol. The molecule has 0 amide bonds. The van der Waals surface area contributed by atoms with Crippen LogP contribution in [-0.4, -0.2) is 61.3 Å². The van der Waals surface area contributed by atoms with Gasteiger partial charge in [-0.25, -0.2) is 9.37 Å². The second-order valence-corrected chi connectivity index (χ2v) is 6.41. The lowest BCUT2D eigenvalue weighted by Crippen LogP contribution is -2.39. The maximum absolute atomic E-state index is 14.0. The Balaban J connectivity index is 1.72. The first-order chi connectivity index (χ1) is 12.6. The number of nitrogens with one attached hydrogen (secondary N) is 2. The number of fused-ring (bicyclic) bond motifs is 1. The third kappa shape index (κ3) is 3.19. The molecule has 0 spiro atoms. The molecule has 3 aromatic rings. The van der Waals surface area contributed by atoms with Crippen molar-refractivity contribution in [3.8, 4) is 17.0 Å². The lowest BCUT2D eigenvalue weighted by atomic mass is 10.1. The molecular formula is C16H20FN7O2. The van der Waals surface area contributed by atoms with Crippen LogP contribution < -0.4 is 10.1 Å². The molecule has 138 valence electrons. The molecule has 0 radical (unpaired) electrons. The molecule has 26 heavy (non-hydrogen) atoms. The van der Waals surface area contributed by atoms with Crippen LogP contribution in [0.2, 0.25) is 0 Å². The van der Waals surface area contributed by atoms with Crippen LogP contribution in [0.15, 0.2) is 18.7 Å². The molecule has 3 aromatic heterocycles. The van der Waals surface area contributed by atoms with Crippen LogP contribution in [0.25, 0.3) is 16.9 Å². The zero-order chi connectivity index (χ0) is 18.1. The quantitative estimate of drug-likeness (QED) is 0.715. The minimum atomic E-state index is -1.10. The van der Waals surface area contributed by atoms with E-state index in [4.69, 9.17) is 9.47 Å². The van der Waals surface area contributed by atoms with Gasteiger partial charge in [-0.1, -0.05) is 0 Å². The molecule has 2 N–H and O–H groups in total. The predicted molar refractivity (Wildman–Crippen MR) is 91.9 cm³/mol. The molecule has 1 fully saturated rings. The van der Waals surface area contributed by atoms with Gasteiger partial charge >= 0.3 is 0 Å². The van der Waals surface area contributed by atoms with Gasteiger partial charge < -0.3 is 14.8 Å². The van der Waals surface area contributed by atoms with Crippen molar-refractivity contribution in [3.63, 3.8) is 0 Å². The van der Waals surface area contributed by atoms with Gasteiger partial charge in [-0.15, -0.1) is 5.10 Å². The van der Waals surface area contributed by atoms with E-state index in [0.29, 0.717) is 36.1 Å². The van der Waals surface area contributed by atoms with Gasteiger partial charge in [0.05, 0.1) is 24.9 Å². The van der Waals surface area contributed by atoms with Crippen LogP contribution in [0.3, 0.4) is 0 Å². The second-order valence-electron chi connectivity index (χ2n) is 6.41. The summed E-state index contributed by atoms with van der Waals surface area (Å²) in [6.07, 6.45) is 4.34. The lowest BCUT2D eigenvalue weighted by Gasteiger charge is -2.26. The SMILES string of the molecule is CC(C)Oc1c(-c2cn[nH]c2)ncn2nc(N[C@H]3CCOC[C@H]3F)nc12. The van der Waals surface area contributed by atoms with Crippen LogP contribution in [0.5, 0.6) is 5.75 Å². The molecule has 0 aliphatic carbocycles. The van der Waals surface area contributed by atoms with Crippen molar-refractivity contribution >= 4 is 11.6 Å². The molecule has 1 saturated heterocycles. The molecule has 4 heterocycles. The molecule has 0 unspecified atom stereocenters. The van der Waals surface area contributed by atoms with Gasteiger partial charge in [0.1, 0.15) is 18.2 Å². The average Bonchev–Trinajstić information content (AvgIpc) is 3.26. The number of aromatic nitrogens is 6. The molecule has 9 nitrogen and oxygen atoms in total. The number of aromatic amines is 1. The van der Waals surface area contributed by atoms with E-state index in [1.54, 1.807) is 18.7 Å². The Kier molecular flexibility index (Phi) is 4.41. The van der Waals surface area contributed by atoms with Crippen molar-refractivity contribution in [2.24, 2.45) is 0 Å². The Morgan fingerprint density at radius 1 is 1.46 bits per heavy atom. The van der Waals surface area contributed by atoms with E-state index in [9.17, 15) is 4.39 Å². The third-order valence-corrected chi connectivity index (χ3v) is 4.07. The standard InChI is InChI=1S/C16H20FN7O2/c1-9(2)26-14-13(10-5-19-20-6-10)18-8-24-15(14)22-16(23-24)21-12-3-4-25-7-11(12)17/h5-6,8-9,11-12H,3-4,7H2,1-2H3,(H,19,20)(H,21,23)/t11-,12+/m1/s1. The van der Waals surface area contributed by atoms with E-state index in [2.05, 4.69) is 30.6 Å². The van der Waals surface area contributed by atoms with Crippen molar-refractivity contribution in [3.05, 3.63) is 18.7 Å². The topological polar surface area (TPSA) is 102 Å². The Hall–Kier alpha value is -2.75. The Morgan fingerprint density at radius 3 is 3.08 bits per heavy atom. The van der Waals surface area contributed by atoms with Gasteiger partial charge in [0, 0.05) is 18.4 Å². The van der Waals surface area contributed by atoms with Gasteiger partial charge in [0.2, 0.25) is 11.6 Å². The van der Waals surface area contributed by atoms with Crippen LogP contribution in [0, 0.1) is 0 Å². The Bertz CT molecular complexity index is 880. The number of nitrogens with zero attached hydrogens (tertiary/aromatic N) is 5. The van der Waals surface area contributed by atoms with Gasteiger partial charge in [0.15, 0.2) is 5.75 Å².